The van der Waals surface area contributed by atoms with Crippen molar-refractivity contribution in [3.05, 3.63) is 51.0 Å². The van der Waals surface area contributed by atoms with Crippen LogP contribution in [0.15, 0.2) is 30.3 Å². The molecular formula is C14H11Cl3N2OS. The lowest BCUT2D eigenvalue weighted by molar-refractivity contribution is 0.477. The summed E-state index contributed by atoms with van der Waals surface area (Å²) in [6, 6.07) is 8.61. The van der Waals surface area contributed by atoms with Crippen LogP contribution < -0.4 is 10.6 Å². The zero-order valence-corrected chi connectivity index (χ0v) is 14.0. The number of hydrogen-bond donors (Lipinski definition) is 3. The van der Waals surface area contributed by atoms with Crippen LogP contribution in [0, 0.1) is 6.92 Å². The predicted octanol–water partition coefficient (Wildman–Crippen LogP) is 5.47. The highest BCUT2D eigenvalue weighted by molar-refractivity contribution is 7.80. The first-order valence-corrected chi connectivity index (χ1v) is 7.44. The van der Waals surface area contributed by atoms with Gasteiger partial charge in [-0.25, -0.2) is 0 Å². The molecule has 2 aromatic rings. The maximum Gasteiger partial charge on any atom is 0.175 e. The molecule has 0 unspecified atom stereocenters. The van der Waals surface area contributed by atoms with Gasteiger partial charge in [0.25, 0.3) is 0 Å². The number of benzene rings is 2. The average molecular weight is 362 g/mol. The first-order chi connectivity index (χ1) is 9.88. The Hall–Kier alpha value is -1.20. The van der Waals surface area contributed by atoms with Crippen molar-refractivity contribution in [1.29, 1.82) is 0 Å². The van der Waals surface area contributed by atoms with Crippen LogP contribution in [0.4, 0.5) is 11.4 Å². The van der Waals surface area contributed by atoms with Gasteiger partial charge in [0.15, 0.2) is 10.9 Å². The molecule has 7 heteroatoms. The number of anilines is 2. The Morgan fingerprint density at radius 3 is 2.33 bits per heavy atom. The van der Waals surface area contributed by atoms with Crippen LogP contribution in [0.2, 0.25) is 15.1 Å². The second kappa shape index (κ2) is 6.71. The van der Waals surface area contributed by atoms with Gasteiger partial charge in [-0.3, -0.25) is 0 Å². The molecule has 0 aromatic heterocycles. The summed E-state index contributed by atoms with van der Waals surface area (Å²) in [5, 5.41) is 17.4. The average Bonchev–Trinajstić information content (AvgIpc) is 2.45. The highest BCUT2D eigenvalue weighted by Crippen LogP contribution is 2.38. The topological polar surface area (TPSA) is 44.3 Å². The standard InChI is InChI=1S/C14H11Cl3N2OS/c1-7-10(16)6-11(13(20)12(7)17)19-14(21)18-9-4-2-8(15)3-5-9/h2-6,20H,1H3,(H2,18,19,21). The van der Waals surface area contributed by atoms with Crippen molar-refractivity contribution in [3.8, 4) is 5.75 Å². The van der Waals surface area contributed by atoms with E-state index in [1.807, 2.05) is 0 Å². The smallest absolute Gasteiger partial charge is 0.175 e. The molecule has 0 aliphatic rings. The minimum Gasteiger partial charge on any atom is -0.504 e. The van der Waals surface area contributed by atoms with E-state index < -0.39 is 0 Å². The van der Waals surface area contributed by atoms with Crippen molar-refractivity contribution in [3.63, 3.8) is 0 Å². The van der Waals surface area contributed by atoms with Crippen LogP contribution in [0.5, 0.6) is 5.75 Å². The van der Waals surface area contributed by atoms with E-state index in [2.05, 4.69) is 10.6 Å². The molecule has 0 aliphatic carbocycles. The lowest BCUT2D eigenvalue weighted by atomic mass is 10.2. The normalized spacial score (nSPS) is 10.3. The van der Waals surface area contributed by atoms with Gasteiger partial charge in [0.2, 0.25) is 0 Å². The fraction of sp³-hybridized carbons (Fsp3) is 0.0714. The van der Waals surface area contributed by atoms with E-state index in [0.29, 0.717) is 26.4 Å². The van der Waals surface area contributed by atoms with Crippen molar-refractivity contribution in [1.82, 2.24) is 0 Å². The van der Waals surface area contributed by atoms with E-state index >= 15 is 0 Å². The van der Waals surface area contributed by atoms with Gasteiger partial charge >= 0.3 is 0 Å². The molecule has 0 radical (unpaired) electrons. The Morgan fingerprint density at radius 2 is 1.71 bits per heavy atom. The molecule has 0 fully saturated rings. The molecular weight excluding hydrogens is 351 g/mol. The summed E-state index contributed by atoms with van der Waals surface area (Å²) in [5.74, 6) is -0.0983. The fourth-order valence-corrected chi connectivity index (χ4v) is 2.43. The van der Waals surface area contributed by atoms with Gasteiger partial charge in [-0.2, -0.15) is 0 Å². The molecule has 2 rings (SSSR count). The summed E-state index contributed by atoms with van der Waals surface area (Å²) in [5.41, 5.74) is 1.71. The van der Waals surface area contributed by atoms with Crippen molar-refractivity contribution in [2.45, 2.75) is 6.92 Å². The van der Waals surface area contributed by atoms with Crippen LogP contribution >= 0.6 is 47.0 Å². The van der Waals surface area contributed by atoms with Crippen LogP contribution in [0.3, 0.4) is 0 Å². The number of nitrogens with one attached hydrogen (secondary N) is 2. The third kappa shape index (κ3) is 3.92. The SMILES string of the molecule is Cc1c(Cl)cc(NC(=S)Nc2ccc(Cl)cc2)c(O)c1Cl. The van der Waals surface area contributed by atoms with Crippen LogP contribution in [-0.2, 0) is 0 Å². The molecule has 0 atom stereocenters. The zero-order chi connectivity index (χ0) is 15.6. The van der Waals surface area contributed by atoms with Gasteiger partial charge < -0.3 is 15.7 Å². The molecule has 0 saturated heterocycles. The molecule has 0 spiro atoms. The maximum atomic E-state index is 10.00. The maximum absolute atomic E-state index is 10.00. The number of phenolic OH excluding ortho intramolecular Hbond substituents is 1. The van der Waals surface area contributed by atoms with Gasteiger partial charge in [-0.15, -0.1) is 0 Å². The van der Waals surface area contributed by atoms with E-state index in [1.165, 1.54) is 0 Å². The molecule has 3 nitrogen and oxygen atoms in total. The Morgan fingerprint density at radius 1 is 1.10 bits per heavy atom. The number of rotatable bonds is 2. The summed E-state index contributed by atoms with van der Waals surface area (Å²) in [7, 11) is 0. The summed E-state index contributed by atoms with van der Waals surface area (Å²) in [6.07, 6.45) is 0. The molecule has 0 bridgehead atoms. The van der Waals surface area contributed by atoms with E-state index in [4.69, 9.17) is 47.0 Å². The summed E-state index contributed by atoms with van der Waals surface area (Å²) in [4.78, 5) is 0. The quantitative estimate of drug-likeness (QED) is 0.490. The minimum absolute atomic E-state index is 0.0983. The number of phenols is 1. The number of thiocarbonyl (C=S) groups is 1. The van der Waals surface area contributed by atoms with Gasteiger partial charge in [0.1, 0.15) is 0 Å². The van der Waals surface area contributed by atoms with Crippen molar-refractivity contribution in [2.24, 2.45) is 0 Å². The number of aromatic hydroxyl groups is 1. The lowest BCUT2D eigenvalue weighted by Gasteiger charge is -2.14. The van der Waals surface area contributed by atoms with E-state index in [1.54, 1.807) is 37.3 Å². The zero-order valence-electron chi connectivity index (χ0n) is 10.9. The number of hydrogen-bond acceptors (Lipinski definition) is 2. The van der Waals surface area contributed by atoms with E-state index in [9.17, 15) is 5.11 Å². The Labute approximate surface area is 142 Å². The third-order valence-corrected chi connectivity index (χ3v) is 4.08. The monoisotopic (exact) mass is 360 g/mol. The van der Waals surface area contributed by atoms with Crippen molar-refractivity contribution in [2.75, 3.05) is 10.6 Å². The van der Waals surface area contributed by atoms with Crippen LogP contribution in [0.25, 0.3) is 0 Å². The summed E-state index contributed by atoms with van der Waals surface area (Å²) in [6.45, 7) is 1.72. The Kier molecular flexibility index (Phi) is 5.17. The Balaban J connectivity index is 2.15. The molecule has 0 aliphatic heterocycles. The van der Waals surface area contributed by atoms with E-state index in [0.717, 1.165) is 5.69 Å². The first-order valence-electron chi connectivity index (χ1n) is 5.89. The molecule has 21 heavy (non-hydrogen) atoms. The number of halogens is 3. The fourth-order valence-electron chi connectivity index (χ4n) is 1.62. The molecule has 0 heterocycles. The molecule has 0 saturated carbocycles. The Bertz CT molecular complexity index is 690. The second-order valence-corrected chi connectivity index (χ2v) is 5.91. The lowest BCUT2D eigenvalue weighted by Crippen LogP contribution is -2.19. The van der Waals surface area contributed by atoms with Crippen molar-refractivity contribution >= 4 is 63.5 Å². The second-order valence-electron chi connectivity index (χ2n) is 4.28. The summed E-state index contributed by atoms with van der Waals surface area (Å²) >= 11 is 23.0. The van der Waals surface area contributed by atoms with Crippen molar-refractivity contribution < 1.29 is 5.11 Å². The molecule has 3 N–H and O–H groups in total. The van der Waals surface area contributed by atoms with E-state index in [-0.39, 0.29) is 10.8 Å². The minimum atomic E-state index is -0.0983. The van der Waals surface area contributed by atoms with Gasteiger partial charge in [-0.1, -0.05) is 34.8 Å². The first kappa shape index (κ1) is 16.2. The van der Waals surface area contributed by atoms with Gasteiger partial charge in [0, 0.05) is 15.7 Å². The molecule has 2 aromatic carbocycles. The van der Waals surface area contributed by atoms with Crippen LogP contribution in [0.1, 0.15) is 5.56 Å². The van der Waals surface area contributed by atoms with Crippen LogP contribution in [-0.4, -0.2) is 10.2 Å². The molecule has 0 amide bonds. The van der Waals surface area contributed by atoms with Gasteiger partial charge in [-0.05, 0) is 55.0 Å². The summed E-state index contributed by atoms with van der Waals surface area (Å²) < 4.78 is 0. The molecule has 110 valence electrons. The third-order valence-electron chi connectivity index (χ3n) is 2.77. The highest BCUT2D eigenvalue weighted by atomic mass is 35.5. The highest BCUT2D eigenvalue weighted by Gasteiger charge is 2.13. The predicted molar refractivity (Wildman–Crippen MR) is 94.2 cm³/mol. The van der Waals surface area contributed by atoms with Gasteiger partial charge in [0.05, 0.1) is 10.7 Å². The largest absolute Gasteiger partial charge is 0.504 e.